The van der Waals surface area contributed by atoms with Crippen molar-refractivity contribution in [2.24, 2.45) is 0 Å². The fraction of sp³-hybridized carbons (Fsp3) is 0.167. The summed E-state index contributed by atoms with van der Waals surface area (Å²) in [7, 11) is 0. The van der Waals surface area contributed by atoms with Crippen LogP contribution in [0.25, 0.3) is 21.9 Å². The van der Waals surface area contributed by atoms with Gasteiger partial charge in [0.15, 0.2) is 0 Å². The van der Waals surface area contributed by atoms with Gasteiger partial charge in [-0.05, 0) is 50.1 Å². The molecule has 0 radical (unpaired) electrons. The summed E-state index contributed by atoms with van der Waals surface area (Å²) in [6.45, 7) is 4.14. The summed E-state index contributed by atoms with van der Waals surface area (Å²) >= 11 is 0. The summed E-state index contributed by atoms with van der Waals surface area (Å²) < 4.78 is 5.79. The molecule has 3 aromatic rings. The Bertz CT molecular complexity index is 865. The van der Waals surface area contributed by atoms with Gasteiger partial charge in [0.05, 0.1) is 10.8 Å². The standard InChI is InChI=1S/C18H16O2/c1-12(2)7-8-13-9-10-17-15(11-13)18(19)14-5-3-4-6-16(14)20-17/h3-7,9-11H,8H2,1-2H3. The number of hydrogen-bond donors (Lipinski definition) is 0. The molecule has 0 fully saturated rings. The fourth-order valence-corrected chi connectivity index (χ4v) is 2.30. The van der Waals surface area contributed by atoms with E-state index in [9.17, 15) is 4.79 Å². The van der Waals surface area contributed by atoms with Gasteiger partial charge >= 0.3 is 0 Å². The number of para-hydroxylation sites is 1. The van der Waals surface area contributed by atoms with Gasteiger partial charge in [0.1, 0.15) is 11.2 Å². The van der Waals surface area contributed by atoms with E-state index in [1.165, 1.54) is 5.57 Å². The van der Waals surface area contributed by atoms with Crippen molar-refractivity contribution in [3.05, 3.63) is 69.9 Å². The minimum absolute atomic E-state index is 0.0425. The molecule has 20 heavy (non-hydrogen) atoms. The normalized spacial score (nSPS) is 10.9. The molecule has 0 N–H and O–H groups in total. The highest BCUT2D eigenvalue weighted by Crippen LogP contribution is 2.19. The maximum absolute atomic E-state index is 12.5. The molecule has 0 unspecified atom stereocenters. The average molecular weight is 264 g/mol. The summed E-state index contributed by atoms with van der Waals surface area (Å²) in [5.41, 5.74) is 3.73. The van der Waals surface area contributed by atoms with Crippen molar-refractivity contribution in [1.82, 2.24) is 0 Å². The number of benzene rings is 2. The lowest BCUT2D eigenvalue weighted by Crippen LogP contribution is -2.02. The topological polar surface area (TPSA) is 30.2 Å². The Morgan fingerprint density at radius 1 is 1.05 bits per heavy atom. The van der Waals surface area contributed by atoms with Crippen LogP contribution >= 0.6 is 0 Å². The van der Waals surface area contributed by atoms with Crippen LogP contribution < -0.4 is 5.43 Å². The first-order chi connectivity index (χ1) is 9.65. The Morgan fingerprint density at radius 2 is 1.80 bits per heavy atom. The summed E-state index contributed by atoms with van der Waals surface area (Å²) in [4.78, 5) is 12.5. The highest BCUT2D eigenvalue weighted by atomic mass is 16.3. The smallest absolute Gasteiger partial charge is 0.200 e. The predicted octanol–water partition coefficient (Wildman–Crippen LogP) is 4.45. The van der Waals surface area contributed by atoms with Crippen LogP contribution in [-0.2, 0) is 6.42 Å². The van der Waals surface area contributed by atoms with Crippen molar-refractivity contribution in [1.29, 1.82) is 0 Å². The summed E-state index contributed by atoms with van der Waals surface area (Å²) in [5, 5.41) is 1.29. The Balaban J connectivity index is 2.23. The van der Waals surface area contributed by atoms with Crippen molar-refractivity contribution < 1.29 is 4.42 Å². The van der Waals surface area contributed by atoms with Gasteiger partial charge in [-0.1, -0.05) is 29.8 Å². The lowest BCUT2D eigenvalue weighted by Gasteiger charge is -2.03. The van der Waals surface area contributed by atoms with E-state index in [4.69, 9.17) is 4.42 Å². The van der Waals surface area contributed by atoms with Crippen LogP contribution in [0.4, 0.5) is 0 Å². The maximum Gasteiger partial charge on any atom is 0.200 e. The number of hydrogen-bond acceptors (Lipinski definition) is 2. The molecule has 0 saturated heterocycles. The summed E-state index contributed by atoms with van der Waals surface area (Å²) in [6.07, 6.45) is 2.99. The van der Waals surface area contributed by atoms with E-state index in [0.29, 0.717) is 21.9 Å². The highest BCUT2D eigenvalue weighted by Gasteiger charge is 2.07. The zero-order valence-corrected chi connectivity index (χ0v) is 11.6. The number of allylic oxidation sites excluding steroid dienone is 2. The second kappa shape index (κ2) is 4.97. The molecular weight excluding hydrogens is 248 g/mol. The van der Waals surface area contributed by atoms with E-state index in [0.717, 1.165) is 12.0 Å². The Labute approximate surface area is 117 Å². The lowest BCUT2D eigenvalue weighted by atomic mass is 10.1. The van der Waals surface area contributed by atoms with Crippen LogP contribution in [0.2, 0.25) is 0 Å². The first-order valence-electron chi connectivity index (χ1n) is 6.73. The lowest BCUT2D eigenvalue weighted by molar-refractivity contribution is 0.660. The molecule has 0 aliphatic carbocycles. The first kappa shape index (κ1) is 12.7. The van der Waals surface area contributed by atoms with Crippen LogP contribution in [0.5, 0.6) is 0 Å². The molecule has 0 saturated carbocycles. The third-order valence-corrected chi connectivity index (χ3v) is 3.39. The van der Waals surface area contributed by atoms with Crippen LogP contribution in [0.3, 0.4) is 0 Å². The second-order valence-corrected chi connectivity index (χ2v) is 5.24. The van der Waals surface area contributed by atoms with Crippen molar-refractivity contribution in [2.45, 2.75) is 20.3 Å². The fourth-order valence-electron chi connectivity index (χ4n) is 2.30. The quantitative estimate of drug-likeness (QED) is 0.505. The van der Waals surface area contributed by atoms with E-state index < -0.39 is 0 Å². The first-order valence-corrected chi connectivity index (χ1v) is 6.73. The molecule has 0 atom stereocenters. The molecule has 0 amide bonds. The van der Waals surface area contributed by atoms with Gasteiger partial charge in [-0.3, -0.25) is 4.79 Å². The van der Waals surface area contributed by atoms with Gasteiger partial charge in [-0.15, -0.1) is 0 Å². The van der Waals surface area contributed by atoms with Crippen molar-refractivity contribution >= 4 is 21.9 Å². The molecule has 0 bridgehead atoms. The molecule has 2 aromatic carbocycles. The highest BCUT2D eigenvalue weighted by molar-refractivity contribution is 5.89. The minimum atomic E-state index is 0.0425. The molecule has 100 valence electrons. The molecule has 3 rings (SSSR count). The molecule has 1 heterocycles. The number of rotatable bonds is 2. The zero-order valence-electron chi connectivity index (χ0n) is 11.6. The van der Waals surface area contributed by atoms with Gasteiger partial charge in [0.2, 0.25) is 5.43 Å². The van der Waals surface area contributed by atoms with Crippen molar-refractivity contribution in [3.8, 4) is 0 Å². The zero-order chi connectivity index (χ0) is 14.1. The van der Waals surface area contributed by atoms with E-state index in [1.807, 2.05) is 42.5 Å². The number of fused-ring (bicyclic) bond motifs is 2. The molecule has 0 aliphatic rings. The third kappa shape index (κ3) is 2.25. The predicted molar refractivity (Wildman–Crippen MR) is 83.1 cm³/mol. The Hall–Kier alpha value is -2.35. The SMILES string of the molecule is CC(C)=CCc1ccc2oc3ccccc3c(=O)c2c1. The van der Waals surface area contributed by atoms with Crippen molar-refractivity contribution in [3.63, 3.8) is 0 Å². The van der Waals surface area contributed by atoms with E-state index in [1.54, 1.807) is 0 Å². The van der Waals surface area contributed by atoms with Gasteiger partial charge in [-0.25, -0.2) is 0 Å². The van der Waals surface area contributed by atoms with Crippen LogP contribution in [-0.4, -0.2) is 0 Å². The monoisotopic (exact) mass is 264 g/mol. The van der Waals surface area contributed by atoms with Crippen molar-refractivity contribution in [2.75, 3.05) is 0 Å². The minimum Gasteiger partial charge on any atom is -0.456 e. The Morgan fingerprint density at radius 3 is 2.60 bits per heavy atom. The Kier molecular flexibility index (Phi) is 3.15. The molecule has 2 heteroatoms. The van der Waals surface area contributed by atoms with Crippen LogP contribution in [0.15, 0.2) is 63.3 Å². The van der Waals surface area contributed by atoms with E-state index in [2.05, 4.69) is 19.9 Å². The van der Waals surface area contributed by atoms with E-state index in [-0.39, 0.29) is 5.43 Å². The van der Waals surface area contributed by atoms with Crippen LogP contribution in [0.1, 0.15) is 19.4 Å². The molecule has 1 aromatic heterocycles. The molecule has 2 nitrogen and oxygen atoms in total. The average Bonchev–Trinajstić information content (AvgIpc) is 2.46. The van der Waals surface area contributed by atoms with Gasteiger partial charge in [0, 0.05) is 0 Å². The van der Waals surface area contributed by atoms with Gasteiger partial charge < -0.3 is 4.42 Å². The van der Waals surface area contributed by atoms with Gasteiger partial charge in [0.25, 0.3) is 0 Å². The molecular formula is C18H16O2. The maximum atomic E-state index is 12.5. The largest absolute Gasteiger partial charge is 0.456 e. The summed E-state index contributed by atoms with van der Waals surface area (Å²) in [5.74, 6) is 0. The van der Waals surface area contributed by atoms with Crippen LogP contribution in [0, 0.1) is 0 Å². The van der Waals surface area contributed by atoms with Gasteiger partial charge in [-0.2, -0.15) is 0 Å². The molecule has 0 spiro atoms. The third-order valence-electron chi connectivity index (χ3n) is 3.39. The van der Waals surface area contributed by atoms with E-state index >= 15 is 0 Å². The summed E-state index contributed by atoms with van der Waals surface area (Å²) in [6, 6.07) is 13.2. The second-order valence-electron chi connectivity index (χ2n) is 5.24. The molecule has 0 aliphatic heterocycles.